The van der Waals surface area contributed by atoms with E-state index in [2.05, 4.69) is 29.5 Å². The zero-order chi connectivity index (χ0) is 19.9. The summed E-state index contributed by atoms with van der Waals surface area (Å²) >= 11 is 5.24. The molecule has 0 heterocycles. The molecule has 2 aromatic rings. The molecule has 0 unspecified atom stereocenters. The van der Waals surface area contributed by atoms with Gasteiger partial charge in [-0.25, -0.2) is 12.8 Å². The van der Waals surface area contributed by atoms with Crippen molar-refractivity contribution in [3.8, 4) is 0 Å². The van der Waals surface area contributed by atoms with Crippen LogP contribution in [0.4, 0.5) is 15.8 Å². The van der Waals surface area contributed by atoms with Gasteiger partial charge in [0.1, 0.15) is 5.82 Å². The van der Waals surface area contributed by atoms with E-state index in [0.717, 1.165) is 37.3 Å². The average molecular weight is 412 g/mol. The van der Waals surface area contributed by atoms with Gasteiger partial charge < -0.3 is 15.5 Å². The van der Waals surface area contributed by atoms with Gasteiger partial charge >= 0.3 is 0 Å². The van der Waals surface area contributed by atoms with Gasteiger partial charge in [0.25, 0.3) is 10.0 Å². The standard InChI is InChI=1S/C18H23FN4O2S2/c1-23(2)13-3-12-20-18(26)21-15-6-8-16(9-7-15)22-27(24,25)17-10-4-14(19)5-11-17/h4-11,22H,3,12-13H2,1-2H3,(H2,20,21,26)/p+1. The molecule has 0 aliphatic heterocycles. The van der Waals surface area contributed by atoms with Crippen LogP contribution in [0.1, 0.15) is 6.42 Å². The highest BCUT2D eigenvalue weighted by Crippen LogP contribution is 2.18. The van der Waals surface area contributed by atoms with Gasteiger partial charge in [0.2, 0.25) is 0 Å². The fourth-order valence-electron chi connectivity index (χ4n) is 2.27. The first kappa shape index (κ1) is 21.1. The van der Waals surface area contributed by atoms with Crippen molar-refractivity contribution in [2.75, 3.05) is 37.2 Å². The maximum Gasteiger partial charge on any atom is 0.261 e. The SMILES string of the molecule is C[NH+](C)CCCNC(=S)Nc1ccc(NS(=O)(=O)c2ccc(F)cc2)cc1. The predicted octanol–water partition coefficient (Wildman–Crippen LogP) is 1.45. The molecule has 0 aliphatic carbocycles. The van der Waals surface area contributed by atoms with Gasteiger partial charge in [0.05, 0.1) is 25.5 Å². The van der Waals surface area contributed by atoms with Crippen LogP contribution in [0.2, 0.25) is 0 Å². The molecule has 0 saturated carbocycles. The third kappa shape index (κ3) is 7.12. The van der Waals surface area contributed by atoms with Crippen LogP contribution in [0.3, 0.4) is 0 Å². The molecule has 2 rings (SSSR count). The van der Waals surface area contributed by atoms with Gasteiger partial charge in [-0.15, -0.1) is 0 Å². The molecule has 2 aromatic carbocycles. The Labute approximate surface area is 164 Å². The number of benzene rings is 2. The number of rotatable bonds is 8. The van der Waals surface area contributed by atoms with Crippen LogP contribution in [0.25, 0.3) is 0 Å². The molecule has 6 nitrogen and oxygen atoms in total. The third-order valence-electron chi connectivity index (χ3n) is 3.66. The van der Waals surface area contributed by atoms with Crippen molar-refractivity contribution in [1.82, 2.24) is 5.32 Å². The second-order valence-corrected chi connectivity index (χ2v) is 8.42. The Morgan fingerprint density at radius 3 is 2.22 bits per heavy atom. The molecule has 0 aromatic heterocycles. The van der Waals surface area contributed by atoms with E-state index in [1.54, 1.807) is 24.3 Å². The largest absolute Gasteiger partial charge is 0.362 e. The lowest BCUT2D eigenvalue weighted by Gasteiger charge is -2.12. The van der Waals surface area contributed by atoms with Crippen LogP contribution in [-0.4, -0.2) is 40.7 Å². The number of anilines is 2. The maximum atomic E-state index is 12.9. The molecule has 9 heteroatoms. The molecule has 27 heavy (non-hydrogen) atoms. The summed E-state index contributed by atoms with van der Waals surface area (Å²) < 4.78 is 40.0. The van der Waals surface area contributed by atoms with Gasteiger partial charge in [0, 0.05) is 24.3 Å². The summed E-state index contributed by atoms with van der Waals surface area (Å²) in [6.07, 6.45) is 1.01. The quantitative estimate of drug-likeness (QED) is 0.391. The summed E-state index contributed by atoms with van der Waals surface area (Å²) in [5.41, 5.74) is 1.15. The highest BCUT2D eigenvalue weighted by molar-refractivity contribution is 7.92. The van der Waals surface area contributed by atoms with E-state index < -0.39 is 15.8 Å². The van der Waals surface area contributed by atoms with Gasteiger partial charge in [0.15, 0.2) is 5.11 Å². The van der Waals surface area contributed by atoms with Gasteiger partial charge in [-0.3, -0.25) is 4.72 Å². The summed E-state index contributed by atoms with van der Waals surface area (Å²) in [5, 5.41) is 6.70. The van der Waals surface area contributed by atoms with Crippen LogP contribution in [0, 0.1) is 5.82 Å². The summed E-state index contributed by atoms with van der Waals surface area (Å²) in [7, 11) is 0.434. The monoisotopic (exact) mass is 411 g/mol. The molecule has 146 valence electrons. The van der Waals surface area contributed by atoms with Crippen molar-refractivity contribution in [3.63, 3.8) is 0 Å². The average Bonchev–Trinajstić information content (AvgIpc) is 2.60. The van der Waals surface area contributed by atoms with Crippen LogP contribution in [-0.2, 0) is 10.0 Å². The molecular weight excluding hydrogens is 387 g/mol. The smallest absolute Gasteiger partial charge is 0.261 e. The first-order valence-corrected chi connectivity index (χ1v) is 10.4. The van der Waals surface area contributed by atoms with Crippen LogP contribution in [0.15, 0.2) is 53.4 Å². The fourth-order valence-corrected chi connectivity index (χ4v) is 3.55. The normalized spacial score (nSPS) is 11.3. The van der Waals surface area contributed by atoms with Crippen molar-refractivity contribution in [3.05, 3.63) is 54.3 Å². The third-order valence-corrected chi connectivity index (χ3v) is 5.30. The number of hydrogen-bond donors (Lipinski definition) is 4. The lowest BCUT2D eigenvalue weighted by molar-refractivity contribution is -0.858. The topological polar surface area (TPSA) is 74.7 Å². The van der Waals surface area contributed by atoms with E-state index in [1.165, 1.54) is 17.0 Å². The molecule has 0 spiro atoms. The van der Waals surface area contributed by atoms with Crippen LogP contribution < -0.4 is 20.3 Å². The Balaban J connectivity index is 1.89. The van der Waals surface area contributed by atoms with Crippen LogP contribution >= 0.6 is 12.2 Å². The first-order chi connectivity index (χ1) is 12.8. The lowest BCUT2D eigenvalue weighted by Crippen LogP contribution is -3.05. The molecule has 0 saturated heterocycles. The highest BCUT2D eigenvalue weighted by Gasteiger charge is 2.14. The molecule has 0 bridgehead atoms. The Bertz CT molecular complexity index is 854. The molecule has 0 fully saturated rings. The second-order valence-electron chi connectivity index (χ2n) is 6.33. The number of quaternary nitrogens is 1. The maximum absolute atomic E-state index is 12.9. The molecule has 0 atom stereocenters. The number of sulfonamides is 1. The van der Waals surface area contributed by atoms with E-state index in [1.807, 2.05) is 0 Å². The minimum absolute atomic E-state index is 0.00367. The van der Waals surface area contributed by atoms with Crippen molar-refractivity contribution in [1.29, 1.82) is 0 Å². The van der Waals surface area contributed by atoms with Gasteiger partial charge in [-0.2, -0.15) is 0 Å². The van der Waals surface area contributed by atoms with Crippen molar-refractivity contribution < 1.29 is 17.7 Å². The highest BCUT2D eigenvalue weighted by atomic mass is 32.2. The lowest BCUT2D eigenvalue weighted by atomic mass is 10.3. The second kappa shape index (κ2) is 9.63. The van der Waals surface area contributed by atoms with E-state index in [-0.39, 0.29) is 4.90 Å². The Hall–Kier alpha value is -2.23. The first-order valence-electron chi connectivity index (χ1n) is 8.48. The summed E-state index contributed by atoms with van der Waals surface area (Å²) in [6.45, 7) is 1.84. The molecule has 0 amide bonds. The van der Waals surface area contributed by atoms with Gasteiger partial charge in [-0.05, 0) is 60.7 Å². The zero-order valence-electron chi connectivity index (χ0n) is 15.3. The minimum Gasteiger partial charge on any atom is -0.362 e. The summed E-state index contributed by atoms with van der Waals surface area (Å²) in [6, 6.07) is 11.3. The summed E-state index contributed by atoms with van der Waals surface area (Å²) in [4.78, 5) is 1.38. The van der Waals surface area contributed by atoms with Crippen molar-refractivity contribution in [2.24, 2.45) is 0 Å². The Kier molecular flexibility index (Phi) is 7.52. The van der Waals surface area contributed by atoms with E-state index in [9.17, 15) is 12.8 Å². The number of thiocarbonyl (C=S) groups is 1. The van der Waals surface area contributed by atoms with Crippen molar-refractivity contribution >= 4 is 38.7 Å². The van der Waals surface area contributed by atoms with E-state index in [4.69, 9.17) is 12.2 Å². The molecule has 4 N–H and O–H groups in total. The van der Waals surface area contributed by atoms with Crippen molar-refractivity contribution in [2.45, 2.75) is 11.3 Å². The van der Waals surface area contributed by atoms with Gasteiger partial charge in [-0.1, -0.05) is 0 Å². The number of halogens is 1. The minimum atomic E-state index is -3.77. The fraction of sp³-hybridized carbons (Fsp3) is 0.278. The Morgan fingerprint density at radius 2 is 1.63 bits per heavy atom. The Morgan fingerprint density at radius 1 is 1.04 bits per heavy atom. The van der Waals surface area contributed by atoms with E-state index >= 15 is 0 Å². The predicted molar refractivity (Wildman–Crippen MR) is 110 cm³/mol. The van der Waals surface area contributed by atoms with Crippen LogP contribution in [0.5, 0.6) is 0 Å². The van der Waals surface area contributed by atoms with E-state index in [0.29, 0.717) is 10.8 Å². The molecule has 0 radical (unpaired) electrons. The molecular formula is C18H24FN4O2S2+. The molecule has 0 aliphatic rings. The number of hydrogen-bond acceptors (Lipinski definition) is 3. The zero-order valence-corrected chi connectivity index (χ0v) is 16.9. The summed E-state index contributed by atoms with van der Waals surface area (Å²) in [5.74, 6) is -0.489. The number of nitrogens with one attached hydrogen (secondary N) is 4.